The van der Waals surface area contributed by atoms with Crippen molar-refractivity contribution >= 4 is 40.5 Å². The number of carbonyl (C=O) groups excluding carboxylic acids is 1. The van der Waals surface area contributed by atoms with Crippen LogP contribution in [0.3, 0.4) is 0 Å². The molecule has 0 bridgehead atoms. The third-order valence-electron chi connectivity index (χ3n) is 3.22. The van der Waals surface area contributed by atoms with Crippen LogP contribution in [0.2, 0.25) is 10.0 Å². The Morgan fingerprint density at radius 3 is 2.52 bits per heavy atom. The summed E-state index contributed by atoms with van der Waals surface area (Å²) >= 11 is 11.9. The number of benzene rings is 1. The molecule has 0 fully saturated rings. The zero-order valence-corrected chi connectivity index (χ0v) is 14.3. The van der Waals surface area contributed by atoms with E-state index < -0.39 is 0 Å². The monoisotopic (exact) mass is 331 g/mol. The molecule has 1 aromatic carbocycles. The van der Waals surface area contributed by atoms with Crippen LogP contribution in [0.1, 0.15) is 33.6 Å². The van der Waals surface area contributed by atoms with Crippen LogP contribution in [-0.2, 0) is 4.79 Å². The van der Waals surface area contributed by atoms with Crippen LogP contribution in [0.5, 0.6) is 0 Å². The van der Waals surface area contributed by atoms with Crippen LogP contribution in [0.4, 0.5) is 11.4 Å². The minimum absolute atomic E-state index is 0.104. The number of hydrogen-bond donors (Lipinski definition) is 2. The van der Waals surface area contributed by atoms with Crippen LogP contribution < -0.4 is 11.1 Å². The predicted molar refractivity (Wildman–Crippen MR) is 91.1 cm³/mol. The molecule has 3 N–H and O–H groups in total. The van der Waals surface area contributed by atoms with Gasteiger partial charge in [0, 0.05) is 24.0 Å². The van der Waals surface area contributed by atoms with E-state index in [1.165, 1.54) is 0 Å². The molecule has 0 saturated heterocycles. The normalized spacial score (nSPS) is 11.2. The van der Waals surface area contributed by atoms with Crippen molar-refractivity contribution < 1.29 is 4.79 Å². The molecule has 0 aromatic heterocycles. The van der Waals surface area contributed by atoms with Gasteiger partial charge in [-0.05, 0) is 38.9 Å². The topological polar surface area (TPSA) is 58.4 Å². The minimum Gasteiger partial charge on any atom is -0.397 e. The van der Waals surface area contributed by atoms with Crippen molar-refractivity contribution in [1.82, 2.24) is 4.90 Å². The molecule has 0 heterocycles. The van der Waals surface area contributed by atoms with Crippen molar-refractivity contribution in [3.63, 3.8) is 0 Å². The molecule has 6 heteroatoms. The highest BCUT2D eigenvalue weighted by atomic mass is 35.5. The highest BCUT2D eigenvalue weighted by Gasteiger charge is 2.13. The van der Waals surface area contributed by atoms with Gasteiger partial charge in [-0.2, -0.15) is 0 Å². The van der Waals surface area contributed by atoms with E-state index in [0.717, 1.165) is 13.0 Å². The maximum Gasteiger partial charge on any atom is 0.225 e. The van der Waals surface area contributed by atoms with E-state index in [0.29, 0.717) is 40.4 Å². The lowest BCUT2D eigenvalue weighted by atomic mass is 10.2. The van der Waals surface area contributed by atoms with Gasteiger partial charge in [0.05, 0.1) is 16.4 Å². The molecule has 0 saturated carbocycles. The predicted octanol–water partition coefficient (Wildman–Crippen LogP) is 4.02. The van der Waals surface area contributed by atoms with Crippen molar-refractivity contribution in [3.05, 3.63) is 22.2 Å². The summed E-state index contributed by atoms with van der Waals surface area (Å²) in [6.07, 6.45) is 1.46. The number of nitrogens with one attached hydrogen (secondary N) is 1. The summed E-state index contributed by atoms with van der Waals surface area (Å²) in [4.78, 5) is 14.3. The van der Waals surface area contributed by atoms with Gasteiger partial charge < -0.3 is 16.0 Å². The first kappa shape index (κ1) is 18.1. The van der Waals surface area contributed by atoms with Gasteiger partial charge in [-0.3, -0.25) is 4.79 Å². The van der Waals surface area contributed by atoms with Crippen LogP contribution in [-0.4, -0.2) is 29.9 Å². The smallest absolute Gasteiger partial charge is 0.225 e. The number of nitrogens with zero attached hydrogens (tertiary/aromatic N) is 1. The third kappa shape index (κ3) is 5.73. The highest BCUT2D eigenvalue weighted by molar-refractivity contribution is 6.37. The Morgan fingerprint density at radius 1 is 1.33 bits per heavy atom. The number of halogens is 2. The van der Waals surface area contributed by atoms with E-state index in [1.807, 2.05) is 0 Å². The van der Waals surface area contributed by atoms with Gasteiger partial charge in [-0.25, -0.2) is 0 Å². The molecule has 0 spiro atoms. The maximum absolute atomic E-state index is 12.0. The quantitative estimate of drug-likeness (QED) is 0.741. The fraction of sp³-hybridized carbons (Fsp3) is 0.533. The van der Waals surface area contributed by atoms with Gasteiger partial charge in [0.15, 0.2) is 0 Å². The number of rotatable bonds is 7. The number of carbonyl (C=O) groups is 1. The molecule has 1 rings (SSSR count). The Morgan fingerprint density at radius 2 is 2.00 bits per heavy atom. The molecule has 1 amide bonds. The molecular weight excluding hydrogens is 309 g/mol. The Hall–Kier alpha value is -0.970. The van der Waals surface area contributed by atoms with Crippen molar-refractivity contribution in [1.29, 1.82) is 0 Å². The number of amides is 1. The van der Waals surface area contributed by atoms with Gasteiger partial charge in [0.25, 0.3) is 0 Å². The summed E-state index contributed by atoms with van der Waals surface area (Å²) in [5.41, 5.74) is 6.63. The maximum atomic E-state index is 12.0. The molecule has 4 nitrogen and oxygen atoms in total. The van der Waals surface area contributed by atoms with E-state index >= 15 is 0 Å². The zero-order chi connectivity index (χ0) is 16.0. The Kier molecular flexibility index (Phi) is 7.29. The van der Waals surface area contributed by atoms with E-state index in [1.54, 1.807) is 12.1 Å². The largest absolute Gasteiger partial charge is 0.397 e. The fourth-order valence-corrected chi connectivity index (χ4v) is 2.64. The summed E-state index contributed by atoms with van der Waals surface area (Å²) in [6.45, 7) is 8.07. The summed E-state index contributed by atoms with van der Waals surface area (Å²) < 4.78 is 0. The Bertz CT molecular complexity index is 469. The Balaban J connectivity index is 2.62. The van der Waals surface area contributed by atoms with E-state index in [-0.39, 0.29) is 5.91 Å². The average molecular weight is 332 g/mol. The summed E-state index contributed by atoms with van der Waals surface area (Å²) in [6, 6.07) is 3.55. The van der Waals surface area contributed by atoms with Crippen LogP contribution in [0, 0.1) is 0 Å². The number of nitrogens with two attached hydrogens (primary N) is 1. The van der Waals surface area contributed by atoms with E-state index in [9.17, 15) is 4.79 Å². The van der Waals surface area contributed by atoms with Crippen LogP contribution >= 0.6 is 23.2 Å². The van der Waals surface area contributed by atoms with Gasteiger partial charge in [-0.1, -0.05) is 30.1 Å². The van der Waals surface area contributed by atoms with Crippen LogP contribution in [0.25, 0.3) is 0 Å². The average Bonchev–Trinajstić information content (AvgIpc) is 2.38. The van der Waals surface area contributed by atoms with Gasteiger partial charge in [0.2, 0.25) is 5.91 Å². The molecule has 118 valence electrons. The number of nitrogen functional groups attached to an aromatic ring is 1. The van der Waals surface area contributed by atoms with Crippen molar-refractivity contribution in [3.8, 4) is 0 Å². The molecule has 21 heavy (non-hydrogen) atoms. The van der Waals surface area contributed by atoms with Gasteiger partial charge in [-0.15, -0.1) is 0 Å². The second kappa shape index (κ2) is 8.47. The first-order valence-corrected chi connectivity index (χ1v) is 7.89. The highest BCUT2D eigenvalue weighted by Crippen LogP contribution is 2.32. The van der Waals surface area contributed by atoms with E-state index in [2.05, 4.69) is 31.0 Å². The SMILES string of the molecule is CCCN(CCC(=O)Nc1c(N)cc(Cl)cc1Cl)C(C)C. The van der Waals surface area contributed by atoms with Crippen molar-refractivity contribution in [2.45, 2.75) is 39.7 Å². The van der Waals surface area contributed by atoms with Crippen LogP contribution in [0.15, 0.2) is 12.1 Å². The second-order valence-electron chi connectivity index (χ2n) is 5.28. The first-order chi connectivity index (χ1) is 9.85. The summed E-state index contributed by atoms with van der Waals surface area (Å²) in [7, 11) is 0. The molecule has 0 aliphatic rings. The van der Waals surface area contributed by atoms with Crippen molar-refractivity contribution in [2.24, 2.45) is 0 Å². The molecule has 1 aromatic rings. The zero-order valence-electron chi connectivity index (χ0n) is 12.7. The van der Waals surface area contributed by atoms with E-state index in [4.69, 9.17) is 28.9 Å². The number of anilines is 2. The van der Waals surface area contributed by atoms with Gasteiger partial charge in [0.1, 0.15) is 0 Å². The molecule has 0 atom stereocenters. The first-order valence-electron chi connectivity index (χ1n) is 7.13. The Labute approximate surface area is 136 Å². The molecular formula is C15H23Cl2N3O. The molecule has 0 aliphatic heterocycles. The molecule has 0 aliphatic carbocycles. The number of hydrogen-bond acceptors (Lipinski definition) is 3. The molecule has 0 radical (unpaired) electrons. The second-order valence-corrected chi connectivity index (χ2v) is 6.12. The summed E-state index contributed by atoms with van der Waals surface area (Å²) in [5, 5.41) is 3.56. The lowest BCUT2D eigenvalue weighted by Crippen LogP contribution is -2.34. The minimum atomic E-state index is -0.104. The summed E-state index contributed by atoms with van der Waals surface area (Å²) in [5.74, 6) is -0.104. The standard InChI is InChI=1S/C15H23Cl2N3O/c1-4-6-20(10(2)3)7-5-14(21)19-15-12(17)8-11(16)9-13(15)18/h8-10H,4-7,18H2,1-3H3,(H,19,21). The lowest BCUT2D eigenvalue weighted by Gasteiger charge is -2.25. The fourth-order valence-electron chi connectivity index (χ4n) is 2.09. The third-order valence-corrected chi connectivity index (χ3v) is 3.73. The molecule has 0 unspecified atom stereocenters. The van der Waals surface area contributed by atoms with Gasteiger partial charge >= 0.3 is 0 Å². The van der Waals surface area contributed by atoms with Crippen molar-refractivity contribution in [2.75, 3.05) is 24.1 Å². The lowest BCUT2D eigenvalue weighted by molar-refractivity contribution is -0.116.